The van der Waals surface area contributed by atoms with Gasteiger partial charge in [0.05, 0.1) is 18.7 Å². The van der Waals surface area contributed by atoms with Crippen molar-refractivity contribution in [2.24, 2.45) is 0 Å². The molecule has 3 rings (SSSR count). The second-order valence-electron chi connectivity index (χ2n) is 7.73. The lowest BCUT2D eigenvalue weighted by atomic mass is 10.0. The summed E-state index contributed by atoms with van der Waals surface area (Å²) in [6.45, 7) is 5.73. The summed E-state index contributed by atoms with van der Waals surface area (Å²) in [6, 6.07) is 9.77. The zero-order valence-electron chi connectivity index (χ0n) is 19.1. The summed E-state index contributed by atoms with van der Waals surface area (Å²) in [5.41, 5.74) is 2.43. The second-order valence-corrected chi connectivity index (χ2v) is 7.73. The molecule has 0 atom stereocenters. The molecule has 2 aromatic carbocycles. The van der Waals surface area contributed by atoms with Crippen molar-refractivity contribution in [3.8, 4) is 11.5 Å². The lowest BCUT2D eigenvalue weighted by Crippen LogP contribution is -2.23. The van der Waals surface area contributed by atoms with Crippen LogP contribution in [-0.4, -0.2) is 23.5 Å². The van der Waals surface area contributed by atoms with E-state index in [9.17, 15) is 22.8 Å². The van der Waals surface area contributed by atoms with Crippen molar-refractivity contribution in [3.05, 3.63) is 76.2 Å². The monoisotopic (exact) mass is 474 g/mol. The number of carbonyl (C=O) groups is 2. The molecule has 0 bridgehead atoms. The first kappa shape index (κ1) is 25.0. The Morgan fingerprint density at radius 1 is 1.09 bits per heavy atom. The molecule has 1 aromatic heterocycles. The van der Waals surface area contributed by atoms with Crippen LogP contribution in [0.3, 0.4) is 0 Å². The van der Waals surface area contributed by atoms with Crippen molar-refractivity contribution < 1.29 is 31.9 Å². The van der Waals surface area contributed by atoms with Crippen molar-refractivity contribution in [3.63, 3.8) is 0 Å². The minimum atomic E-state index is -4.42. The maximum atomic E-state index is 12.8. The van der Waals surface area contributed by atoms with Gasteiger partial charge in [0.25, 0.3) is 5.91 Å². The smallest absolute Gasteiger partial charge is 0.416 e. The van der Waals surface area contributed by atoms with Gasteiger partial charge in [0.15, 0.2) is 0 Å². The Hall–Kier alpha value is -3.62. The fourth-order valence-corrected chi connectivity index (χ4v) is 3.37. The largest absolute Gasteiger partial charge is 0.466 e. The highest BCUT2D eigenvalue weighted by Gasteiger charge is 2.30. The van der Waals surface area contributed by atoms with Crippen molar-refractivity contribution in [2.45, 2.75) is 46.3 Å². The molecule has 0 unspecified atom stereocenters. The quantitative estimate of drug-likeness (QED) is 0.442. The number of halogens is 3. The number of aromatic nitrogens is 1. The Morgan fingerprint density at radius 3 is 2.41 bits per heavy atom. The molecule has 0 saturated heterocycles. The number of ether oxygens (including phenoxy) is 1. The van der Waals surface area contributed by atoms with E-state index in [1.807, 2.05) is 13.0 Å². The second kappa shape index (κ2) is 10.5. The normalized spacial score (nSPS) is 11.4. The van der Waals surface area contributed by atoms with Gasteiger partial charge in [-0.1, -0.05) is 6.07 Å². The predicted molar refractivity (Wildman–Crippen MR) is 119 cm³/mol. The molecule has 0 radical (unpaired) electrons. The first-order chi connectivity index (χ1) is 16.1. The van der Waals surface area contributed by atoms with E-state index in [-0.39, 0.29) is 30.7 Å². The van der Waals surface area contributed by atoms with Crippen molar-refractivity contribution in [2.75, 3.05) is 6.61 Å². The fourth-order valence-electron chi connectivity index (χ4n) is 3.37. The van der Waals surface area contributed by atoms with Crippen LogP contribution in [-0.2, 0) is 28.7 Å². The van der Waals surface area contributed by atoms with Gasteiger partial charge in [-0.25, -0.2) is 4.98 Å². The van der Waals surface area contributed by atoms with Gasteiger partial charge in [-0.05, 0) is 74.7 Å². The molecule has 6 nitrogen and oxygen atoms in total. The molecule has 180 valence electrons. The number of esters is 1. The molecule has 3 aromatic rings. The zero-order valence-corrected chi connectivity index (χ0v) is 19.1. The molecule has 0 aliphatic heterocycles. The summed E-state index contributed by atoms with van der Waals surface area (Å²) in [7, 11) is 0. The number of aryl methyl sites for hydroxylation is 3. The number of oxazole rings is 1. The van der Waals surface area contributed by atoms with Crippen LogP contribution >= 0.6 is 0 Å². The highest BCUT2D eigenvalue weighted by molar-refractivity contribution is 5.94. The van der Waals surface area contributed by atoms with Crippen LogP contribution in [0.15, 0.2) is 46.9 Å². The number of carbonyl (C=O) groups excluding carboxylic acids is 2. The molecular weight excluding hydrogens is 449 g/mol. The van der Waals surface area contributed by atoms with Gasteiger partial charge >= 0.3 is 12.1 Å². The molecule has 0 aliphatic carbocycles. The molecule has 1 N–H and O–H groups in total. The average Bonchev–Trinajstić information content (AvgIpc) is 3.16. The van der Waals surface area contributed by atoms with Gasteiger partial charge in [-0.15, -0.1) is 0 Å². The summed E-state index contributed by atoms with van der Waals surface area (Å²) in [6.07, 6.45) is -3.62. The maximum absolute atomic E-state index is 12.8. The van der Waals surface area contributed by atoms with Crippen LogP contribution in [0, 0.1) is 13.8 Å². The first-order valence-electron chi connectivity index (χ1n) is 10.8. The van der Waals surface area contributed by atoms with E-state index < -0.39 is 11.7 Å². The van der Waals surface area contributed by atoms with Gasteiger partial charge in [-0.3, -0.25) is 9.59 Å². The summed E-state index contributed by atoms with van der Waals surface area (Å²) in [5.74, 6) is 0.0684. The van der Waals surface area contributed by atoms with Crippen molar-refractivity contribution >= 4 is 11.9 Å². The Labute approximate surface area is 195 Å². The predicted octanol–water partition coefficient (Wildman–Crippen LogP) is 5.40. The van der Waals surface area contributed by atoms with Crippen LogP contribution in [0.5, 0.6) is 0 Å². The number of nitrogens with one attached hydrogen (secondary N) is 1. The third-order valence-electron chi connectivity index (χ3n) is 5.28. The minimum absolute atomic E-state index is 0.0957. The van der Waals surface area contributed by atoms with E-state index >= 15 is 0 Å². The fraction of sp³-hybridized carbons (Fsp3) is 0.320. The molecule has 0 spiro atoms. The Morgan fingerprint density at radius 2 is 1.79 bits per heavy atom. The van der Waals surface area contributed by atoms with E-state index in [2.05, 4.69) is 10.3 Å². The third-order valence-corrected chi connectivity index (χ3v) is 5.28. The van der Waals surface area contributed by atoms with Crippen molar-refractivity contribution in [1.29, 1.82) is 0 Å². The van der Waals surface area contributed by atoms with E-state index in [0.29, 0.717) is 35.6 Å². The molecule has 1 amide bonds. The number of nitrogens with zero attached hydrogens (tertiary/aromatic N) is 1. The summed E-state index contributed by atoms with van der Waals surface area (Å²) in [4.78, 5) is 28.5. The van der Waals surface area contributed by atoms with Gasteiger partial charge in [0.2, 0.25) is 5.89 Å². The Balaban J connectivity index is 1.62. The molecule has 1 heterocycles. The number of amides is 1. The van der Waals surface area contributed by atoms with Gasteiger partial charge in [0, 0.05) is 17.5 Å². The van der Waals surface area contributed by atoms with Gasteiger partial charge in [-0.2, -0.15) is 13.2 Å². The lowest BCUT2D eigenvalue weighted by Gasteiger charge is -2.09. The standard InChI is InChI=1S/C25H25F3N2O4/c1-4-33-22(31)12-9-17-5-6-19(13-15(17)2)23(32)29-14-21-16(3)34-24(30-21)18-7-10-20(11-8-18)25(26,27)28/h5-8,10-11,13H,4,9,12,14H2,1-3H3,(H,29,32). The van der Waals surface area contributed by atoms with Crippen LogP contribution < -0.4 is 5.32 Å². The minimum Gasteiger partial charge on any atom is -0.466 e. The highest BCUT2D eigenvalue weighted by Crippen LogP contribution is 2.31. The van der Waals surface area contributed by atoms with Gasteiger partial charge in [0.1, 0.15) is 11.5 Å². The first-order valence-corrected chi connectivity index (χ1v) is 10.8. The van der Waals surface area contributed by atoms with Crippen LogP contribution in [0.1, 0.15) is 51.8 Å². The molecular formula is C25H25F3N2O4. The lowest BCUT2D eigenvalue weighted by molar-refractivity contribution is -0.143. The highest BCUT2D eigenvalue weighted by atomic mass is 19.4. The number of alkyl halides is 3. The summed E-state index contributed by atoms with van der Waals surface area (Å²) >= 11 is 0. The van der Waals surface area contributed by atoms with E-state index in [0.717, 1.165) is 23.3 Å². The SMILES string of the molecule is CCOC(=O)CCc1ccc(C(=O)NCc2nc(-c3ccc(C(F)(F)F)cc3)oc2C)cc1C. The molecule has 9 heteroatoms. The number of benzene rings is 2. The molecule has 0 aliphatic rings. The van der Waals surface area contributed by atoms with Crippen LogP contribution in [0.4, 0.5) is 13.2 Å². The Bertz CT molecular complexity index is 1170. The summed E-state index contributed by atoms with van der Waals surface area (Å²) < 4.78 is 48.8. The Kier molecular flexibility index (Phi) is 7.75. The van der Waals surface area contributed by atoms with Crippen molar-refractivity contribution in [1.82, 2.24) is 10.3 Å². The number of hydrogen-bond donors (Lipinski definition) is 1. The molecule has 0 fully saturated rings. The topological polar surface area (TPSA) is 81.4 Å². The average molecular weight is 474 g/mol. The summed E-state index contributed by atoms with van der Waals surface area (Å²) in [5, 5.41) is 2.78. The number of hydrogen-bond acceptors (Lipinski definition) is 5. The number of rotatable bonds is 8. The van der Waals surface area contributed by atoms with Crippen LogP contribution in [0.25, 0.3) is 11.5 Å². The van der Waals surface area contributed by atoms with E-state index in [1.165, 1.54) is 12.1 Å². The molecule has 0 saturated carbocycles. The third kappa shape index (κ3) is 6.24. The van der Waals surface area contributed by atoms with E-state index in [4.69, 9.17) is 9.15 Å². The van der Waals surface area contributed by atoms with E-state index in [1.54, 1.807) is 26.0 Å². The molecule has 34 heavy (non-hydrogen) atoms. The zero-order chi connectivity index (χ0) is 24.9. The maximum Gasteiger partial charge on any atom is 0.416 e. The van der Waals surface area contributed by atoms with Crippen LogP contribution in [0.2, 0.25) is 0 Å². The van der Waals surface area contributed by atoms with Gasteiger partial charge < -0.3 is 14.5 Å².